The molecule has 0 aliphatic carbocycles. The third kappa shape index (κ3) is 3.77. The molecule has 1 aromatic heterocycles. The molecule has 1 atom stereocenters. The van der Waals surface area contributed by atoms with Crippen LogP contribution in [0.3, 0.4) is 0 Å². The summed E-state index contributed by atoms with van der Waals surface area (Å²) < 4.78 is 26.9. The molecular formula is C11H20N2O2S2. The maximum atomic E-state index is 12.1. The fraction of sp³-hybridized carbons (Fsp3) is 0.636. The lowest BCUT2D eigenvalue weighted by Crippen LogP contribution is -2.32. The Morgan fingerprint density at radius 1 is 1.53 bits per heavy atom. The van der Waals surface area contributed by atoms with Crippen LogP contribution in [0.5, 0.6) is 0 Å². The maximum absolute atomic E-state index is 12.1. The Balaban J connectivity index is 2.92. The van der Waals surface area contributed by atoms with E-state index in [-0.39, 0.29) is 6.04 Å². The fourth-order valence-corrected chi connectivity index (χ4v) is 4.50. The molecule has 98 valence electrons. The summed E-state index contributed by atoms with van der Waals surface area (Å²) in [5, 5.41) is 0. The topological polar surface area (TPSA) is 72.2 Å². The molecule has 17 heavy (non-hydrogen) atoms. The van der Waals surface area contributed by atoms with Crippen molar-refractivity contribution in [2.75, 3.05) is 0 Å². The summed E-state index contributed by atoms with van der Waals surface area (Å²) in [4.78, 5) is 2.05. The normalized spacial score (nSPS) is 13.9. The molecule has 0 bridgehead atoms. The Morgan fingerprint density at radius 2 is 2.18 bits per heavy atom. The molecular weight excluding hydrogens is 256 g/mol. The summed E-state index contributed by atoms with van der Waals surface area (Å²) in [5.41, 5.74) is 5.52. The van der Waals surface area contributed by atoms with E-state index in [4.69, 9.17) is 5.73 Å². The number of sulfonamides is 1. The summed E-state index contributed by atoms with van der Waals surface area (Å²) >= 11 is 1.44. The zero-order valence-electron chi connectivity index (χ0n) is 10.5. The maximum Gasteiger partial charge on any atom is 0.241 e. The predicted molar refractivity (Wildman–Crippen MR) is 71.6 cm³/mol. The number of nitrogens with one attached hydrogen (secondary N) is 1. The van der Waals surface area contributed by atoms with Gasteiger partial charge in [0.15, 0.2) is 0 Å². The molecule has 1 unspecified atom stereocenters. The summed E-state index contributed by atoms with van der Waals surface area (Å²) in [5.74, 6) is 0. The number of hydrogen-bond donors (Lipinski definition) is 2. The molecule has 1 rings (SSSR count). The molecule has 1 aromatic rings. The Morgan fingerprint density at radius 3 is 2.65 bits per heavy atom. The van der Waals surface area contributed by atoms with Crippen LogP contribution in [-0.4, -0.2) is 14.5 Å². The van der Waals surface area contributed by atoms with Gasteiger partial charge >= 0.3 is 0 Å². The van der Waals surface area contributed by atoms with Crippen LogP contribution in [-0.2, 0) is 16.6 Å². The van der Waals surface area contributed by atoms with E-state index in [2.05, 4.69) is 4.72 Å². The molecule has 0 fully saturated rings. The van der Waals surface area contributed by atoms with Crippen LogP contribution < -0.4 is 10.5 Å². The first-order valence-corrected chi connectivity index (χ1v) is 8.02. The summed E-state index contributed by atoms with van der Waals surface area (Å²) in [6.45, 7) is 6.11. The third-order valence-corrected chi connectivity index (χ3v) is 5.41. The standard InChI is InChI=1S/C11H20N2O2S2/c1-4-5-8(2)13-17(14,15)11-6-10(7-12)16-9(11)3/h6,8,13H,4-5,7,12H2,1-3H3. The van der Waals surface area contributed by atoms with Gasteiger partial charge in [0.1, 0.15) is 0 Å². The van der Waals surface area contributed by atoms with Gasteiger partial charge in [-0.15, -0.1) is 11.3 Å². The molecule has 0 saturated carbocycles. The summed E-state index contributed by atoms with van der Waals surface area (Å²) in [7, 11) is -3.40. The molecule has 0 radical (unpaired) electrons. The van der Waals surface area contributed by atoms with Crippen LogP contribution in [0, 0.1) is 6.92 Å². The van der Waals surface area contributed by atoms with Gasteiger partial charge in [-0.25, -0.2) is 13.1 Å². The molecule has 1 heterocycles. The number of rotatable bonds is 6. The minimum atomic E-state index is -3.40. The van der Waals surface area contributed by atoms with E-state index in [1.807, 2.05) is 20.8 Å². The molecule has 0 saturated heterocycles. The second kappa shape index (κ2) is 5.95. The Bertz CT molecular complexity index is 466. The zero-order valence-corrected chi connectivity index (χ0v) is 12.1. The van der Waals surface area contributed by atoms with Crippen LogP contribution in [0.25, 0.3) is 0 Å². The van der Waals surface area contributed by atoms with E-state index in [1.54, 1.807) is 6.07 Å². The van der Waals surface area contributed by atoms with Crippen molar-refractivity contribution in [3.63, 3.8) is 0 Å². The van der Waals surface area contributed by atoms with Crippen molar-refractivity contribution >= 4 is 21.4 Å². The average Bonchev–Trinajstić information content (AvgIpc) is 2.60. The molecule has 0 aliphatic rings. The SMILES string of the molecule is CCCC(C)NS(=O)(=O)c1cc(CN)sc1C. The second-order valence-electron chi connectivity index (χ2n) is 4.15. The van der Waals surface area contributed by atoms with Gasteiger partial charge in [0.25, 0.3) is 0 Å². The highest BCUT2D eigenvalue weighted by Gasteiger charge is 2.21. The molecule has 0 aromatic carbocycles. The Hall–Kier alpha value is -0.430. The van der Waals surface area contributed by atoms with Gasteiger partial charge in [0, 0.05) is 22.3 Å². The molecule has 0 spiro atoms. The van der Waals surface area contributed by atoms with Crippen molar-refractivity contribution in [3.8, 4) is 0 Å². The van der Waals surface area contributed by atoms with Gasteiger partial charge in [0.2, 0.25) is 10.0 Å². The van der Waals surface area contributed by atoms with Crippen LogP contribution in [0.1, 0.15) is 36.4 Å². The quantitative estimate of drug-likeness (QED) is 0.834. The number of nitrogens with two attached hydrogens (primary N) is 1. The second-order valence-corrected chi connectivity index (χ2v) is 7.17. The molecule has 4 nitrogen and oxygen atoms in total. The highest BCUT2D eigenvalue weighted by molar-refractivity contribution is 7.89. The van der Waals surface area contributed by atoms with Crippen molar-refractivity contribution in [2.24, 2.45) is 5.73 Å². The van der Waals surface area contributed by atoms with Gasteiger partial charge in [-0.2, -0.15) is 0 Å². The van der Waals surface area contributed by atoms with Gasteiger partial charge in [-0.1, -0.05) is 13.3 Å². The Labute approximate surface area is 107 Å². The average molecular weight is 276 g/mol. The smallest absolute Gasteiger partial charge is 0.241 e. The van der Waals surface area contributed by atoms with Crippen molar-refractivity contribution < 1.29 is 8.42 Å². The fourth-order valence-electron chi connectivity index (χ4n) is 1.71. The van der Waals surface area contributed by atoms with Crippen LogP contribution >= 0.6 is 11.3 Å². The van der Waals surface area contributed by atoms with Crippen molar-refractivity contribution in [2.45, 2.75) is 51.1 Å². The lowest BCUT2D eigenvalue weighted by atomic mass is 10.2. The van der Waals surface area contributed by atoms with Gasteiger partial charge in [-0.05, 0) is 26.3 Å². The van der Waals surface area contributed by atoms with E-state index in [9.17, 15) is 8.42 Å². The van der Waals surface area contributed by atoms with Gasteiger partial charge < -0.3 is 5.73 Å². The summed E-state index contributed by atoms with van der Waals surface area (Å²) in [6, 6.07) is 1.63. The minimum absolute atomic E-state index is 0.0365. The van der Waals surface area contributed by atoms with E-state index < -0.39 is 10.0 Å². The third-order valence-electron chi connectivity index (χ3n) is 2.49. The number of hydrogen-bond acceptors (Lipinski definition) is 4. The zero-order chi connectivity index (χ0) is 13.1. The highest BCUT2D eigenvalue weighted by Crippen LogP contribution is 2.25. The van der Waals surface area contributed by atoms with Crippen LogP contribution in [0.15, 0.2) is 11.0 Å². The monoisotopic (exact) mass is 276 g/mol. The van der Waals surface area contributed by atoms with Crippen LogP contribution in [0.2, 0.25) is 0 Å². The lowest BCUT2D eigenvalue weighted by molar-refractivity contribution is 0.544. The van der Waals surface area contributed by atoms with Crippen molar-refractivity contribution in [3.05, 3.63) is 15.8 Å². The van der Waals surface area contributed by atoms with E-state index in [1.165, 1.54) is 11.3 Å². The largest absolute Gasteiger partial charge is 0.326 e. The first-order valence-electron chi connectivity index (χ1n) is 5.72. The highest BCUT2D eigenvalue weighted by atomic mass is 32.2. The van der Waals surface area contributed by atoms with E-state index in [0.29, 0.717) is 11.4 Å². The molecule has 6 heteroatoms. The van der Waals surface area contributed by atoms with Gasteiger partial charge in [-0.3, -0.25) is 0 Å². The van der Waals surface area contributed by atoms with Crippen LogP contribution in [0.4, 0.5) is 0 Å². The molecule has 0 aliphatic heterocycles. The lowest BCUT2D eigenvalue weighted by Gasteiger charge is -2.12. The van der Waals surface area contributed by atoms with Crippen molar-refractivity contribution in [1.82, 2.24) is 4.72 Å². The van der Waals surface area contributed by atoms with Crippen molar-refractivity contribution in [1.29, 1.82) is 0 Å². The molecule has 0 amide bonds. The molecule has 3 N–H and O–H groups in total. The number of thiophene rings is 1. The van der Waals surface area contributed by atoms with E-state index >= 15 is 0 Å². The first kappa shape index (κ1) is 14.6. The first-order chi connectivity index (χ1) is 7.90. The predicted octanol–water partition coefficient (Wildman–Crippen LogP) is 1.98. The Kier molecular flexibility index (Phi) is 5.12. The van der Waals surface area contributed by atoms with Gasteiger partial charge in [0.05, 0.1) is 4.90 Å². The minimum Gasteiger partial charge on any atom is -0.326 e. The van der Waals surface area contributed by atoms with E-state index in [0.717, 1.165) is 22.6 Å². The number of aryl methyl sites for hydroxylation is 1. The summed E-state index contributed by atoms with van der Waals surface area (Å²) in [6.07, 6.45) is 1.80.